The van der Waals surface area contributed by atoms with Crippen molar-refractivity contribution in [2.75, 3.05) is 18.0 Å². The van der Waals surface area contributed by atoms with E-state index in [-0.39, 0.29) is 0 Å². The van der Waals surface area contributed by atoms with E-state index in [9.17, 15) is 21.6 Å². The number of halogens is 3. The van der Waals surface area contributed by atoms with Gasteiger partial charge in [0, 0.05) is 24.8 Å². The molecule has 0 radical (unpaired) electrons. The van der Waals surface area contributed by atoms with Gasteiger partial charge in [0.1, 0.15) is 0 Å². The zero-order valence-electron chi connectivity index (χ0n) is 11.3. The highest BCUT2D eigenvalue weighted by molar-refractivity contribution is 7.92. The highest BCUT2D eigenvalue weighted by Crippen LogP contribution is 2.33. The number of hydrogen-bond donors (Lipinski definition) is 1. The molecule has 0 heterocycles. The van der Waals surface area contributed by atoms with Crippen molar-refractivity contribution in [2.24, 2.45) is 5.73 Å². The van der Waals surface area contributed by atoms with Crippen molar-refractivity contribution in [3.63, 3.8) is 0 Å². The molecule has 0 atom stereocenters. The van der Waals surface area contributed by atoms with Crippen LogP contribution in [-0.2, 0) is 9.84 Å². The minimum Gasteiger partial charge on any atom is -0.367 e. The van der Waals surface area contributed by atoms with Gasteiger partial charge in [0.2, 0.25) is 0 Å². The van der Waals surface area contributed by atoms with Gasteiger partial charge >= 0.3 is 5.51 Å². The molecular weight excluding hydrogens is 305 g/mol. The van der Waals surface area contributed by atoms with E-state index >= 15 is 0 Å². The lowest BCUT2D eigenvalue weighted by molar-refractivity contribution is -0.0436. The number of rotatable bonds is 5. The molecule has 4 nitrogen and oxygen atoms in total. The number of benzene rings is 1. The first-order valence-electron chi connectivity index (χ1n) is 6.65. The molecule has 0 spiro atoms. The Morgan fingerprint density at radius 3 is 2.14 bits per heavy atom. The van der Waals surface area contributed by atoms with Gasteiger partial charge in [0.15, 0.2) is 0 Å². The molecule has 1 aliphatic carbocycles. The highest BCUT2D eigenvalue weighted by atomic mass is 32.2. The topological polar surface area (TPSA) is 63.4 Å². The van der Waals surface area contributed by atoms with E-state index < -0.39 is 20.2 Å². The second-order valence-electron chi connectivity index (χ2n) is 5.01. The van der Waals surface area contributed by atoms with Gasteiger partial charge in [-0.2, -0.15) is 13.2 Å². The smallest absolute Gasteiger partial charge is 0.367 e. The van der Waals surface area contributed by atoms with Crippen molar-refractivity contribution in [2.45, 2.75) is 35.7 Å². The first-order valence-corrected chi connectivity index (χ1v) is 8.14. The van der Waals surface area contributed by atoms with Gasteiger partial charge in [0.25, 0.3) is 9.84 Å². The molecule has 21 heavy (non-hydrogen) atoms. The Labute approximate surface area is 121 Å². The number of nitrogens with two attached hydrogens (primary N) is 1. The van der Waals surface area contributed by atoms with E-state index in [1.54, 1.807) is 0 Å². The van der Waals surface area contributed by atoms with Crippen molar-refractivity contribution in [1.29, 1.82) is 0 Å². The summed E-state index contributed by atoms with van der Waals surface area (Å²) in [5.41, 5.74) is 0.975. The minimum atomic E-state index is -5.29. The summed E-state index contributed by atoms with van der Waals surface area (Å²) in [5.74, 6) is 0. The van der Waals surface area contributed by atoms with Crippen molar-refractivity contribution in [3.8, 4) is 0 Å². The van der Waals surface area contributed by atoms with Crippen LogP contribution in [0.25, 0.3) is 0 Å². The summed E-state index contributed by atoms with van der Waals surface area (Å²) < 4.78 is 60.0. The number of alkyl halides is 3. The van der Waals surface area contributed by atoms with Crippen LogP contribution in [0.4, 0.5) is 18.9 Å². The number of hydrogen-bond acceptors (Lipinski definition) is 4. The van der Waals surface area contributed by atoms with Crippen molar-refractivity contribution < 1.29 is 21.6 Å². The van der Waals surface area contributed by atoms with E-state index in [0.717, 1.165) is 31.4 Å². The van der Waals surface area contributed by atoms with E-state index in [1.165, 1.54) is 12.1 Å². The molecule has 0 bridgehead atoms. The van der Waals surface area contributed by atoms with E-state index in [4.69, 9.17) is 5.73 Å². The van der Waals surface area contributed by atoms with Gasteiger partial charge in [-0.3, -0.25) is 0 Å². The third kappa shape index (κ3) is 3.16. The summed E-state index contributed by atoms with van der Waals surface area (Å²) in [7, 11) is -5.29. The van der Waals surface area contributed by atoms with E-state index in [1.807, 2.05) is 4.90 Å². The summed E-state index contributed by atoms with van der Waals surface area (Å²) in [6, 6.07) is 5.15. The molecule has 0 unspecified atom stereocenters. The first-order chi connectivity index (χ1) is 9.77. The standard InChI is InChI=1S/C13H17F3N2O2S/c14-13(15,16)21(19,20)12-6-4-11(5-7-12)18(9-8-17)10-2-1-3-10/h4-7,10H,1-3,8-9,17H2. The Bertz CT molecular complexity index is 580. The third-order valence-corrected chi connectivity index (χ3v) is 5.17. The number of sulfone groups is 1. The fraction of sp³-hybridized carbons (Fsp3) is 0.538. The van der Waals surface area contributed by atoms with Crippen molar-refractivity contribution in [1.82, 2.24) is 0 Å². The zero-order chi connectivity index (χ0) is 15.7. The van der Waals surface area contributed by atoms with Crippen LogP contribution < -0.4 is 10.6 Å². The van der Waals surface area contributed by atoms with Gasteiger partial charge in [-0.05, 0) is 43.5 Å². The predicted octanol–water partition coefficient (Wildman–Crippen LogP) is 2.30. The van der Waals surface area contributed by atoms with Gasteiger partial charge in [-0.25, -0.2) is 8.42 Å². The Kier molecular flexibility index (Phi) is 4.48. The molecule has 1 aromatic carbocycles. The van der Waals surface area contributed by atoms with E-state index in [2.05, 4.69) is 0 Å². The summed E-state index contributed by atoms with van der Waals surface area (Å²) in [6.07, 6.45) is 3.15. The second-order valence-corrected chi connectivity index (χ2v) is 6.95. The molecule has 1 aromatic rings. The Morgan fingerprint density at radius 2 is 1.76 bits per heavy atom. The minimum absolute atomic E-state index is 0.332. The Balaban J connectivity index is 2.25. The second kappa shape index (κ2) is 5.84. The van der Waals surface area contributed by atoms with Crippen LogP contribution in [0.2, 0.25) is 0 Å². The largest absolute Gasteiger partial charge is 0.501 e. The fourth-order valence-electron chi connectivity index (χ4n) is 2.31. The summed E-state index contributed by atoms with van der Waals surface area (Å²) in [4.78, 5) is 1.29. The van der Waals surface area contributed by atoms with Gasteiger partial charge in [-0.15, -0.1) is 0 Å². The molecule has 118 valence electrons. The highest BCUT2D eigenvalue weighted by Gasteiger charge is 2.46. The molecular formula is C13H17F3N2O2S. The normalized spacial score (nSPS) is 16.6. The lowest BCUT2D eigenvalue weighted by Crippen LogP contribution is -2.43. The fourth-order valence-corrected chi connectivity index (χ4v) is 3.07. The Hall–Kier alpha value is -1.28. The maximum absolute atomic E-state index is 12.5. The molecule has 2 rings (SSSR count). The first kappa shape index (κ1) is 16.1. The predicted molar refractivity (Wildman–Crippen MR) is 73.7 cm³/mol. The average molecular weight is 322 g/mol. The van der Waals surface area contributed by atoms with Gasteiger partial charge in [0.05, 0.1) is 4.90 Å². The number of nitrogens with zero attached hydrogens (tertiary/aromatic N) is 1. The lowest BCUT2D eigenvalue weighted by atomic mass is 9.91. The average Bonchev–Trinajstić information content (AvgIpc) is 2.35. The van der Waals surface area contributed by atoms with Crippen LogP contribution in [0, 0.1) is 0 Å². The summed E-state index contributed by atoms with van der Waals surface area (Å²) >= 11 is 0. The van der Waals surface area contributed by atoms with Crippen molar-refractivity contribution >= 4 is 15.5 Å². The van der Waals surface area contributed by atoms with Crippen LogP contribution in [-0.4, -0.2) is 33.1 Å². The van der Waals surface area contributed by atoms with E-state index in [0.29, 0.717) is 24.8 Å². The van der Waals surface area contributed by atoms with Gasteiger partial charge in [-0.1, -0.05) is 0 Å². The molecule has 8 heteroatoms. The quantitative estimate of drug-likeness (QED) is 0.903. The molecule has 0 saturated heterocycles. The summed E-state index contributed by atoms with van der Waals surface area (Å²) in [5, 5.41) is 0. The SMILES string of the molecule is NCCN(c1ccc(S(=O)(=O)C(F)(F)F)cc1)C1CCC1. The summed E-state index contributed by atoms with van der Waals surface area (Å²) in [6.45, 7) is 1.02. The molecule has 0 amide bonds. The van der Waals surface area contributed by atoms with Crippen LogP contribution >= 0.6 is 0 Å². The lowest BCUT2D eigenvalue weighted by Gasteiger charge is -2.39. The van der Waals surface area contributed by atoms with Crippen molar-refractivity contribution in [3.05, 3.63) is 24.3 Å². The number of anilines is 1. The maximum Gasteiger partial charge on any atom is 0.501 e. The Morgan fingerprint density at radius 1 is 1.19 bits per heavy atom. The molecule has 1 aliphatic rings. The van der Waals surface area contributed by atoms with Crippen LogP contribution in [0.3, 0.4) is 0 Å². The zero-order valence-corrected chi connectivity index (χ0v) is 12.1. The van der Waals surface area contributed by atoms with Crippen LogP contribution in [0.1, 0.15) is 19.3 Å². The molecule has 1 saturated carbocycles. The molecule has 0 aromatic heterocycles. The van der Waals surface area contributed by atoms with Crippen LogP contribution in [0.5, 0.6) is 0 Å². The molecule has 1 fully saturated rings. The van der Waals surface area contributed by atoms with Gasteiger partial charge < -0.3 is 10.6 Å². The molecule has 2 N–H and O–H groups in total. The molecule has 0 aliphatic heterocycles. The third-order valence-electron chi connectivity index (χ3n) is 3.67. The van der Waals surface area contributed by atoms with Crippen LogP contribution in [0.15, 0.2) is 29.2 Å². The monoisotopic (exact) mass is 322 g/mol. The maximum atomic E-state index is 12.5.